The van der Waals surface area contributed by atoms with Gasteiger partial charge in [0.25, 0.3) is 0 Å². The predicted molar refractivity (Wildman–Crippen MR) is 129 cm³/mol. The number of ether oxygens (including phenoxy) is 1. The standard InChI is InChI=1S/C28H36O4/c1-21(2)18-20-28(22(3)4,19-12-11-15-23-13-7-5-8-14-23)25(26(29)30)32-27(31)24-16-9-6-10-17-24/h5-11,13-17,21-22,25H,12,18-20H2,1-4H3,(H,29,30). The van der Waals surface area contributed by atoms with Crippen LogP contribution in [0.15, 0.2) is 66.7 Å². The van der Waals surface area contributed by atoms with Gasteiger partial charge >= 0.3 is 11.9 Å². The Kier molecular flexibility index (Phi) is 9.70. The number of benzene rings is 2. The molecule has 0 aromatic heterocycles. The van der Waals surface area contributed by atoms with Gasteiger partial charge in [0.05, 0.1) is 5.56 Å². The maximum absolute atomic E-state index is 12.8. The van der Waals surface area contributed by atoms with Crippen LogP contribution in [0.5, 0.6) is 0 Å². The van der Waals surface area contributed by atoms with Gasteiger partial charge in [-0.2, -0.15) is 0 Å². The van der Waals surface area contributed by atoms with Crippen molar-refractivity contribution in [2.45, 2.75) is 59.5 Å². The van der Waals surface area contributed by atoms with E-state index >= 15 is 0 Å². The van der Waals surface area contributed by atoms with E-state index in [1.165, 1.54) is 0 Å². The van der Waals surface area contributed by atoms with Crippen LogP contribution in [-0.4, -0.2) is 23.1 Å². The lowest BCUT2D eigenvalue weighted by Crippen LogP contribution is -2.47. The van der Waals surface area contributed by atoms with Crippen molar-refractivity contribution in [3.05, 3.63) is 77.9 Å². The minimum absolute atomic E-state index is 0.0241. The summed E-state index contributed by atoms with van der Waals surface area (Å²) in [5, 5.41) is 10.2. The molecule has 0 fully saturated rings. The van der Waals surface area contributed by atoms with Crippen molar-refractivity contribution in [1.82, 2.24) is 0 Å². The lowest BCUT2D eigenvalue weighted by atomic mass is 9.65. The summed E-state index contributed by atoms with van der Waals surface area (Å²) in [7, 11) is 0. The quantitative estimate of drug-likeness (QED) is 0.369. The summed E-state index contributed by atoms with van der Waals surface area (Å²) in [6.07, 6.45) is 5.81. The average Bonchev–Trinajstić information content (AvgIpc) is 2.78. The molecule has 4 heteroatoms. The highest BCUT2D eigenvalue weighted by atomic mass is 16.6. The number of carbonyl (C=O) groups is 2. The van der Waals surface area contributed by atoms with Crippen molar-refractivity contribution in [3.63, 3.8) is 0 Å². The summed E-state index contributed by atoms with van der Waals surface area (Å²) in [5.41, 5.74) is 0.807. The minimum atomic E-state index is -1.21. The fraction of sp³-hybridized carbons (Fsp3) is 0.429. The molecule has 0 spiro atoms. The van der Waals surface area contributed by atoms with E-state index in [9.17, 15) is 14.7 Å². The van der Waals surface area contributed by atoms with Crippen LogP contribution in [0, 0.1) is 17.3 Å². The van der Waals surface area contributed by atoms with Gasteiger partial charge in [-0.05, 0) is 48.8 Å². The Bertz CT molecular complexity index is 871. The number of carboxylic acid groups (broad SMARTS) is 1. The fourth-order valence-electron chi connectivity index (χ4n) is 4.12. The number of hydrogen-bond acceptors (Lipinski definition) is 3. The zero-order valence-electron chi connectivity index (χ0n) is 19.7. The highest BCUT2D eigenvalue weighted by Gasteiger charge is 2.47. The molecule has 0 saturated heterocycles. The Morgan fingerprint density at radius 3 is 2.06 bits per heavy atom. The van der Waals surface area contributed by atoms with E-state index in [2.05, 4.69) is 26.0 Å². The maximum atomic E-state index is 12.8. The second-order valence-corrected chi connectivity index (χ2v) is 9.16. The molecular weight excluding hydrogens is 400 g/mol. The zero-order chi connectivity index (χ0) is 23.6. The summed E-state index contributed by atoms with van der Waals surface area (Å²) >= 11 is 0. The van der Waals surface area contributed by atoms with Crippen LogP contribution in [0.1, 0.15) is 69.3 Å². The molecule has 2 aromatic carbocycles. The van der Waals surface area contributed by atoms with Crippen LogP contribution in [0.3, 0.4) is 0 Å². The van der Waals surface area contributed by atoms with Crippen molar-refractivity contribution < 1.29 is 19.4 Å². The third kappa shape index (κ3) is 7.08. The molecule has 2 atom stereocenters. The first kappa shape index (κ1) is 25.4. The number of allylic oxidation sites excluding steroid dienone is 1. The number of esters is 1. The highest BCUT2D eigenvalue weighted by Crippen LogP contribution is 2.44. The molecule has 1 N–H and O–H groups in total. The Morgan fingerprint density at radius 2 is 1.53 bits per heavy atom. The second-order valence-electron chi connectivity index (χ2n) is 9.16. The molecule has 32 heavy (non-hydrogen) atoms. The van der Waals surface area contributed by atoms with E-state index in [1.807, 2.05) is 50.2 Å². The van der Waals surface area contributed by atoms with E-state index in [0.717, 1.165) is 12.0 Å². The molecule has 0 radical (unpaired) electrons. The van der Waals surface area contributed by atoms with Gasteiger partial charge in [0.2, 0.25) is 6.10 Å². The maximum Gasteiger partial charge on any atom is 0.345 e. The van der Waals surface area contributed by atoms with Crippen LogP contribution >= 0.6 is 0 Å². The first-order valence-corrected chi connectivity index (χ1v) is 11.5. The molecule has 2 aromatic rings. The van der Waals surface area contributed by atoms with Crippen LogP contribution in [0.2, 0.25) is 0 Å². The molecule has 0 saturated carbocycles. The molecule has 2 rings (SSSR count). The smallest absolute Gasteiger partial charge is 0.345 e. The van der Waals surface area contributed by atoms with Crippen molar-refractivity contribution >= 4 is 18.0 Å². The normalized spacial score (nSPS) is 14.4. The summed E-state index contributed by atoms with van der Waals surface area (Å²) in [6, 6.07) is 18.6. The van der Waals surface area contributed by atoms with Crippen molar-refractivity contribution in [2.75, 3.05) is 0 Å². The molecule has 4 nitrogen and oxygen atoms in total. The predicted octanol–water partition coefficient (Wildman–Crippen LogP) is 6.87. The van der Waals surface area contributed by atoms with Crippen LogP contribution in [-0.2, 0) is 9.53 Å². The lowest BCUT2D eigenvalue weighted by molar-refractivity contribution is -0.159. The first-order chi connectivity index (χ1) is 15.3. The summed E-state index contributed by atoms with van der Waals surface area (Å²) < 4.78 is 5.71. The highest BCUT2D eigenvalue weighted by molar-refractivity contribution is 5.91. The molecule has 0 amide bonds. The van der Waals surface area contributed by atoms with E-state index in [4.69, 9.17) is 4.74 Å². The summed E-state index contributed by atoms with van der Waals surface area (Å²) in [6.45, 7) is 8.33. The third-order valence-electron chi connectivity index (χ3n) is 6.20. The number of hydrogen-bond donors (Lipinski definition) is 1. The Hall–Kier alpha value is -2.88. The largest absolute Gasteiger partial charge is 0.478 e. The summed E-state index contributed by atoms with van der Waals surface area (Å²) in [4.78, 5) is 25.2. The average molecular weight is 437 g/mol. The second kappa shape index (κ2) is 12.2. The molecule has 0 aliphatic rings. The van der Waals surface area contributed by atoms with E-state index in [-0.39, 0.29) is 5.92 Å². The van der Waals surface area contributed by atoms with Crippen LogP contribution in [0.25, 0.3) is 6.08 Å². The van der Waals surface area contributed by atoms with E-state index in [1.54, 1.807) is 24.3 Å². The van der Waals surface area contributed by atoms with Crippen molar-refractivity contribution in [2.24, 2.45) is 17.3 Å². The Morgan fingerprint density at radius 1 is 0.938 bits per heavy atom. The van der Waals surface area contributed by atoms with Crippen molar-refractivity contribution in [3.8, 4) is 0 Å². The zero-order valence-corrected chi connectivity index (χ0v) is 19.7. The molecule has 2 unspecified atom stereocenters. The Labute approximate surface area is 192 Å². The van der Waals surface area contributed by atoms with Crippen LogP contribution in [0.4, 0.5) is 0 Å². The number of carbonyl (C=O) groups excluding carboxylic acids is 1. The minimum Gasteiger partial charge on any atom is -0.478 e. The Balaban J connectivity index is 2.30. The summed E-state index contributed by atoms with van der Waals surface area (Å²) in [5.74, 6) is -1.23. The van der Waals surface area contributed by atoms with Gasteiger partial charge in [-0.3, -0.25) is 0 Å². The number of carboxylic acids is 1. The van der Waals surface area contributed by atoms with Gasteiger partial charge in [0.15, 0.2) is 0 Å². The van der Waals surface area contributed by atoms with Gasteiger partial charge in [0.1, 0.15) is 0 Å². The lowest BCUT2D eigenvalue weighted by Gasteiger charge is -2.42. The van der Waals surface area contributed by atoms with Crippen molar-refractivity contribution in [1.29, 1.82) is 0 Å². The number of rotatable bonds is 12. The molecule has 0 aliphatic carbocycles. The molecule has 0 bridgehead atoms. The third-order valence-corrected chi connectivity index (χ3v) is 6.20. The monoisotopic (exact) mass is 436 g/mol. The van der Waals surface area contributed by atoms with Gasteiger partial charge in [-0.25, -0.2) is 9.59 Å². The topological polar surface area (TPSA) is 63.6 Å². The number of aliphatic carboxylic acids is 1. The van der Waals surface area contributed by atoms with E-state index < -0.39 is 23.5 Å². The molecule has 0 heterocycles. The molecule has 0 aliphatic heterocycles. The van der Waals surface area contributed by atoms with E-state index in [0.29, 0.717) is 30.7 Å². The first-order valence-electron chi connectivity index (χ1n) is 11.5. The fourth-order valence-corrected chi connectivity index (χ4v) is 4.12. The van der Waals surface area contributed by atoms with Gasteiger partial charge in [0, 0.05) is 5.41 Å². The van der Waals surface area contributed by atoms with Crippen LogP contribution < -0.4 is 0 Å². The van der Waals surface area contributed by atoms with Gasteiger partial charge in [-0.1, -0.05) is 94.8 Å². The molecular formula is C28H36O4. The van der Waals surface area contributed by atoms with Gasteiger partial charge < -0.3 is 9.84 Å². The SMILES string of the molecule is CC(C)CCC(CCC=Cc1ccccc1)(C(C)C)C(OC(=O)c1ccccc1)C(=O)O. The van der Waals surface area contributed by atoms with Gasteiger partial charge in [-0.15, -0.1) is 0 Å². The molecule has 172 valence electrons.